The van der Waals surface area contributed by atoms with Crippen molar-refractivity contribution in [3.8, 4) is 5.75 Å². The van der Waals surface area contributed by atoms with E-state index in [1.165, 1.54) is 0 Å². The van der Waals surface area contributed by atoms with Gasteiger partial charge in [-0.05, 0) is 32.8 Å². The molecule has 5 heteroatoms. The molecule has 116 valence electrons. The Morgan fingerprint density at radius 2 is 2.24 bits per heavy atom. The van der Waals surface area contributed by atoms with Crippen LogP contribution >= 0.6 is 0 Å². The highest BCUT2D eigenvalue weighted by molar-refractivity contribution is 5.85. The maximum atomic E-state index is 11.8. The van der Waals surface area contributed by atoms with Crippen molar-refractivity contribution >= 4 is 5.91 Å². The Morgan fingerprint density at radius 1 is 1.52 bits per heavy atom. The zero-order chi connectivity index (χ0) is 15.5. The van der Waals surface area contributed by atoms with E-state index in [0.29, 0.717) is 18.6 Å². The van der Waals surface area contributed by atoms with Crippen LogP contribution in [0.3, 0.4) is 0 Å². The van der Waals surface area contributed by atoms with Crippen LogP contribution < -0.4 is 15.8 Å². The molecule has 0 saturated heterocycles. The molecule has 0 aliphatic heterocycles. The summed E-state index contributed by atoms with van der Waals surface area (Å²) in [5.41, 5.74) is 5.66. The van der Waals surface area contributed by atoms with E-state index in [1.807, 2.05) is 38.1 Å². The number of benzene rings is 1. The van der Waals surface area contributed by atoms with E-state index in [0.717, 1.165) is 12.0 Å². The van der Waals surface area contributed by atoms with Crippen LogP contribution in [0.1, 0.15) is 38.7 Å². The quantitative estimate of drug-likeness (QED) is 0.738. The first-order chi connectivity index (χ1) is 9.97. The van der Waals surface area contributed by atoms with Crippen molar-refractivity contribution in [2.45, 2.75) is 57.4 Å². The second-order valence-electron chi connectivity index (χ2n) is 5.99. The van der Waals surface area contributed by atoms with Crippen LogP contribution in [0.2, 0.25) is 0 Å². The van der Waals surface area contributed by atoms with Gasteiger partial charge in [0.05, 0.1) is 6.61 Å². The number of para-hydroxylation sites is 1. The number of aliphatic hydroxyl groups excluding tert-OH is 1. The second kappa shape index (κ2) is 6.45. The molecule has 1 fully saturated rings. The Morgan fingerprint density at radius 3 is 2.86 bits per heavy atom. The van der Waals surface area contributed by atoms with E-state index in [-0.39, 0.29) is 24.7 Å². The molecule has 1 aliphatic rings. The first-order valence-electron chi connectivity index (χ1n) is 7.40. The van der Waals surface area contributed by atoms with Crippen molar-refractivity contribution < 1.29 is 14.6 Å². The van der Waals surface area contributed by atoms with Crippen LogP contribution in [0, 0.1) is 0 Å². The monoisotopic (exact) mass is 292 g/mol. The minimum atomic E-state index is -0.688. The largest absolute Gasteiger partial charge is 0.490 e. The molecule has 0 heterocycles. The van der Waals surface area contributed by atoms with Crippen molar-refractivity contribution in [3.63, 3.8) is 0 Å². The number of hydrogen-bond acceptors (Lipinski definition) is 4. The molecule has 5 nitrogen and oxygen atoms in total. The fourth-order valence-corrected chi connectivity index (χ4v) is 3.01. The molecule has 1 amide bonds. The van der Waals surface area contributed by atoms with Crippen LogP contribution in [-0.2, 0) is 11.4 Å². The second-order valence-corrected chi connectivity index (χ2v) is 5.99. The molecule has 2 rings (SSSR count). The predicted molar refractivity (Wildman–Crippen MR) is 80.8 cm³/mol. The summed E-state index contributed by atoms with van der Waals surface area (Å²) < 4.78 is 5.98. The summed E-state index contributed by atoms with van der Waals surface area (Å²) in [5, 5.41) is 12.6. The van der Waals surface area contributed by atoms with Crippen molar-refractivity contribution in [1.29, 1.82) is 0 Å². The summed E-state index contributed by atoms with van der Waals surface area (Å²) in [5.74, 6) is 0.354. The molecule has 1 saturated carbocycles. The number of carbonyl (C=O) groups excluding carboxylic acids is 1. The van der Waals surface area contributed by atoms with E-state index in [2.05, 4.69) is 5.32 Å². The van der Waals surface area contributed by atoms with Gasteiger partial charge in [0.15, 0.2) is 0 Å². The van der Waals surface area contributed by atoms with E-state index in [9.17, 15) is 9.90 Å². The topological polar surface area (TPSA) is 84.6 Å². The van der Waals surface area contributed by atoms with Gasteiger partial charge in [-0.15, -0.1) is 0 Å². The number of hydrogen-bond donors (Lipinski definition) is 3. The third-order valence-electron chi connectivity index (χ3n) is 3.94. The van der Waals surface area contributed by atoms with Crippen LogP contribution in [0.25, 0.3) is 0 Å². The Labute approximate surface area is 125 Å². The van der Waals surface area contributed by atoms with Gasteiger partial charge in [0.2, 0.25) is 5.91 Å². The number of carbonyl (C=O) groups is 1. The van der Waals surface area contributed by atoms with E-state index in [1.54, 1.807) is 0 Å². The van der Waals surface area contributed by atoms with Crippen LogP contribution in [0.5, 0.6) is 5.75 Å². The van der Waals surface area contributed by atoms with Gasteiger partial charge in [-0.3, -0.25) is 4.79 Å². The summed E-state index contributed by atoms with van der Waals surface area (Å²) in [6.45, 7) is 3.94. The summed E-state index contributed by atoms with van der Waals surface area (Å²) >= 11 is 0. The maximum Gasteiger partial charge on any atom is 0.237 e. The summed E-state index contributed by atoms with van der Waals surface area (Å²) in [7, 11) is 0. The highest BCUT2D eigenvalue weighted by Crippen LogP contribution is 2.34. The standard InChI is InChI=1S/C16H24N2O3/c1-11(2)18-16(15(17)20)8-7-13(9-16)21-14-6-4-3-5-12(14)10-19/h3-6,11,13,18-19H,7-10H2,1-2H3,(H2,17,20). The van der Waals surface area contributed by atoms with E-state index >= 15 is 0 Å². The number of nitrogens with one attached hydrogen (secondary N) is 1. The molecule has 0 spiro atoms. The van der Waals surface area contributed by atoms with Crippen LogP contribution in [-0.4, -0.2) is 28.7 Å². The first-order valence-corrected chi connectivity index (χ1v) is 7.40. The van der Waals surface area contributed by atoms with Gasteiger partial charge in [-0.25, -0.2) is 0 Å². The third kappa shape index (κ3) is 3.54. The van der Waals surface area contributed by atoms with Gasteiger partial charge in [-0.2, -0.15) is 0 Å². The number of amides is 1. The van der Waals surface area contributed by atoms with Crippen molar-refractivity contribution in [3.05, 3.63) is 29.8 Å². The van der Waals surface area contributed by atoms with Crippen molar-refractivity contribution in [1.82, 2.24) is 5.32 Å². The van der Waals surface area contributed by atoms with Gasteiger partial charge < -0.3 is 20.9 Å². The number of rotatable bonds is 6. The molecule has 1 aromatic carbocycles. The molecular formula is C16H24N2O3. The molecule has 2 atom stereocenters. The Bertz CT molecular complexity index is 504. The Hall–Kier alpha value is -1.59. The van der Waals surface area contributed by atoms with Gasteiger partial charge in [0, 0.05) is 18.0 Å². The summed E-state index contributed by atoms with van der Waals surface area (Å²) in [4.78, 5) is 11.8. The lowest BCUT2D eigenvalue weighted by Crippen LogP contribution is -2.56. The zero-order valence-electron chi connectivity index (χ0n) is 12.6. The van der Waals surface area contributed by atoms with Gasteiger partial charge in [0.25, 0.3) is 0 Å². The van der Waals surface area contributed by atoms with Crippen LogP contribution in [0.15, 0.2) is 24.3 Å². The number of ether oxygens (including phenoxy) is 1. The van der Waals surface area contributed by atoms with Crippen LogP contribution in [0.4, 0.5) is 0 Å². The van der Waals surface area contributed by atoms with Crippen molar-refractivity contribution in [2.75, 3.05) is 0 Å². The average Bonchev–Trinajstić information content (AvgIpc) is 2.83. The number of aliphatic hydroxyl groups is 1. The fraction of sp³-hybridized carbons (Fsp3) is 0.562. The zero-order valence-corrected chi connectivity index (χ0v) is 12.6. The van der Waals surface area contributed by atoms with E-state index in [4.69, 9.17) is 10.5 Å². The SMILES string of the molecule is CC(C)NC1(C(N)=O)CCC(Oc2ccccc2CO)C1. The molecule has 1 aliphatic carbocycles. The average molecular weight is 292 g/mol. The first kappa shape index (κ1) is 15.8. The molecule has 0 bridgehead atoms. The Kier molecular flexibility index (Phi) is 4.85. The third-order valence-corrected chi connectivity index (χ3v) is 3.94. The smallest absolute Gasteiger partial charge is 0.237 e. The minimum Gasteiger partial charge on any atom is -0.490 e. The maximum absolute atomic E-state index is 11.8. The fourth-order valence-electron chi connectivity index (χ4n) is 3.01. The lowest BCUT2D eigenvalue weighted by Gasteiger charge is -2.29. The van der Waals surface area contributed by atoms with Gasteiger partial charge >= 0.3 is 0 Å². The normalized spacial score (nSPS) is 25.2. The van der Waals surface area contributed by atoms with Gasteiger partial charge in [0.1, 0.15) is 17.4 Å². The van der Waals surface area contributed by atoms with Crippen molar-refractivity contribution in [2.24, 2.45) is 5.73 Å². The summed E-state index contributed by atoms with van der Waals surface area (Å²) in [6, 6.07) is 7.59. The molecule has 4 N–H and O–H groups in total. The number of nitrogens with two attached hydrogens (primary N) is 1. The molecular weight excluding hydrogens is 268 g/mol. The molecule has 0 radical (unpaired) electrons. The van der Waals surface area contributed by atoms with Gasteiger partial charge in [-0.1, -0.05) is 18.2 Å². The summed E-state index contributed by atoms with van der Waals surface area (Å²) in [6.07, 6.45) is 1.92. The highest BCUT2D eigenvalue weighted by Gasteiger charge is 2.45. The Balaban J connectivity index is 2.09. The molecule has 1 aromatic rings. The lowest BCUT2D eigenvalue weighted by molar-refractivity contribution is -0.124. The lowest BCUT2D eigenvalue weighted by atomic mass is 9.95. The predicted octanol–water partition coefficient (Wildman–Crippen LogP) is 1.33. The van der Waals surface area contributed by atoms with E-state index < -0.39 is 5.54 Å². The number of primary amides is 1. The molecule has 0 aromatic heterocycles. The minimum absolute atomic E-state index is 0.0614. The highest BCUT2D eigenvalue weighted by atomic mass is 16.5. The molecule has 2 unspecified atom stereocenters. The molecule has 21 heavy (non-hydrogen) atoms.